The van der Waals surface area contributed by atoms with Crippen molar-refractivity contribution in [3.8, 4) is 0 Å². The average molecular weight is 287 g/mol. The molecule has 1 aliphatic heterocycles. The van der Waals surface area contributed by atoms with Gasteiger partial charge in [0, 0.05) is 5.56 Å². The second-order valence-corrected chi connectivity index (χ2v) is 5.79. The highest BCUT2D eigenvalue weighted by molar-refractivity contribution is 6.07. The minimum absolute atomic E-state index is 0.311. The van der Waals surface area contributed by atoms with Gasteiger partial charge in [-0.15, -0.1) is 5.01 Å². The smallest absolute Gasteiger partial charge is 0.322 e. The summed E-state index contributed by atoms with van der Waals surface area (Å²) < 4.78 is 0. The van der Waals surface area contributed by atoms with E-state index in [1.54, 1.807) is 13.1 Å². The lowest BCUT2D eigenvalue weighted by atomic mass is 10.00. The van der Waals surface area contributed by atoms with Crippen LogP contribution in [0.3, 0.4) is 0 Å². The van der Waals surface area contributed by atoms with Crippen LogP contribution in [0.1, 0.15) is 42.5 Å². The first-order valence-corrected chi connectivity index (χ1v) is 7.07. The topological polar surface area (TPSA) is 61.8 Å². The minimum atomic E-state index is -0.855. The molecule has 2 rings (SSSR count). The SMILES string of the molecule is CCC1(C)NC(=O)N(N=Cc2c(C)cc(C)cc2C)C1=O. The first-order chi connectivity index (χ1) is 9.78. The molecule has 5 nitrogen and oxygen atoms in total. The summed E-state index contributed by atoms with van der Waals surface area (Å²) in [6.07, 6.45) is 2.12. The van der Waals surface area contributed by atoms with Crippen molar-refractivity contribution >= 4 is 18.2 Å². The Kier molecular flexibility index (Phi) is 3.85. The van der Waals surface area contributed by atoms with Crippen LogP contribution >= 0.6 is 0 Å². The van der Waals surface area contributed by atoms with E-state index in [1.807, 2.05) is 27.7 Å². The number of nitrogens with one attached hydrogen (secondary N) is 1. The molecule has 1 N–H and O–H groups in total. The average Bonchev–Trinajstić information content (AvgIpc) is 2.61. The van der Waals surface area contributed by atoms with Crippen molar-refractivity contribution in [2.75, 3.05) is 0 Å². The van der Waals surface area contributed by atoms with Gasteiger partial charge < -0.3 is 5.32 Å². The summed E-state index contributed by atoms with van der Waals surface area (Å²) >= 11 is 0. The van der Waals surface area contributed by atoms with E-state index in [2.05, 4.69) is 22.6 Å². The van der Waals surface area contributed by atoms with Crippen molar-refractivity contribution in [1.82, 2.24) is 10.3 Å². The van der Waals surface area contributed by atoms with Crippen LogP contribution < -0.4 is 5.32 Å². The van der Waals surface area contributed by atoms with E-state index in [1.165, 1.54) is 5.56 Å². The van der Waals surface area contributed by atoms with Crippen LogP contribution in [0.25, 0.3) is 0 Å². The number of nitrogens with zero attached hydrogens (tertiary/aromatic N) is 2. The highest BCUT2D eigenvalue weighted by Crippen LogP contribution is 2.21. The fourth-order valence-corrected chi connectivity index (χ4v) is 2.52. The maximum Gasteiger partial charge on any atom is 0.346 e. The molecule has 5 heteroatoms. The van der Waals surface area contributed by atoms with E-state index < -0.39 is 11.6 Å². The number of amides is 3. The van der Waals surface area contributed by atoms with E-state index >= 15 is 0 Å². The van der Waals surface area contributed by atoms with Crippen molar-refractivity contribution in [3.05, 3.63) is 34.4 Å². The number of carbonyl (C=O) groups excluding carboxylic acids is 2. The first kappa shape index (κ1) is 15.2. The quantitative estimate of drug-likeness (QED) is 0.686. The molecule has 1 heterocycles. The molecule has 1 aliphatic rings. The highest BCUT2D eigenvalue weighted by atomic mass is 16.2. The molecule has 1 fully saturated rings. The number of hydrazone groups is 1. The van der Waals surface area contributed by atoms with Gasteiger partial charge in [0.25, 0.3) is 5.91 Å². The molecule has 0 saturated carbocycles. The Morgan fingerprint density at radius 2 is 1.81 bits per heavy atom. The molecule has 0 spiro atoms. The van der Waals surface area contributed by atoms with Crippen molar-refractivity contribution in [1.29, 1.82) is 0 Å². The molecule has 21 heavy (non-hydrogen) atoms. The summed E-state index contributed by atoms with van der Waals surface area (Å²) in [5.41, 5.74) is 3.40. The van der Waals surface area contributed by atoms with E-state index in [0.29, 0.717) is 6.42 Å². The van der Waals surface area contributed by atoms with Gasteiger partial charge in [0.15, 0.2) is 0 Å². The van der Waals surface area contributed by atoms with Crippen molar-refractivity contribution in [2.45, 2.75) is 46.6 Å². The Morgan fingerprint density at radius 3 is 2.29 bits per heavy atom. The molecule has 0 aromatic heterocycles. The van der Waals surface area contributed by atoms with Crippen LogP contribution in [0.5, 0.6) is 0 Å². The number of hydrogen-bond acceptors (Lipinski definition) is 3. The maximum atomic E-state index is 12.2. The van der Waals surface area contributed by atoms with Crippen LogP contribution in [0.4, 0.5) is 4.79 Å². The van der Waals surface area contributed by atoms with Gasteiger partial charge in [-0.2, -0.15) is 5.10 Å². The summed E-state index contributed by atoms with van der Waals surface area (Å²) in [6.45, 7) is 9.59. The summed E-state index contributed by atoms with van der Waals surface area (Å²) in [7, 11) is 0. The fourth-order valence-electron chi connectivity index (χ4n) is 2.52. The molecule has 0 radical (unpaired) electrons. The molecular formula is C16H21N3O2. The third-order valence-electron chi connectivity index (χ3n) is 3.99. The summed E-state index contributed by atoms with van der Waals surface area (Å²) in [5.74, 6) is -0.311. The molecule has 1 unspecified atom stereocenters. The first-order valence-electron chi connectivity index (χ1n) is 7.07. The Morgan fingerprint density at radius 1 is 1.24 bits per heavy atom. The predicted molar refractivity (Wildman–Crippen MR) is 82.3 cm³/mol. The molecular weight excluding hydrogens is 266 g/mol. The van der Waals surface area contributed by atoms with Gasteiger partial charge in [0.2, 0.25) is 0 Å². The molecule has 1 atom stereocenters. The fraction of sp³-hybridized carbons (Fsp3) is 0.438. The second-order valence-electron chi connectivity index (χ2n) is 5.79. The molecule has 112 valence electrons. The van der Waals surface area contributed by atoms with Crippen molar-refractivity contribution in [2.24, 2.45) is 5.10 Å². The standard InChI is InChI=1S/C16H21N3O2/c1-6-16(5)14(20)19(15(21)18-16)17-9-13-11(3)7-10(2)8-12(13)4/h7-9H,6H2,1-5H3,(H,18,21). The largest absolute Gasteiger partial charge is 0.346 e. The zero-order valence-electron chi connectivity index (χ0n) is 13.2. The summed E-state index contributed by atoms with van der Waals surface area (Å²) in [6, 6.07) is 3.63. The van der Waals surface area contributed by atoms with Crippen molar-refractivity contribution in [3.63, 3.8) is 0 Å². The molecule has 1 aromatic carbocycles. The van der Waals surface area contributed by atoms with Gasteiger partial charge in [-0.1, -0.05) is 24.6 Å². The number of hydrogen-bond donors (Lipinski definition) is 1. The van der Waals surface area contributed by atoms with E-state index in [9.17, 15) is 9.59 Å². The molecule has 3 amide bonds. The van der Waals surface area contributed by atoms with Gasteiger partial charge in [-0.25, -0.2) is 4.79 Å². The van der Waals surface area contributed by atoms with E-state index in [0.717, 1.165) is 21.7 Å². The highest BCUT2D eigenvalue weighted by Gasteiger charge is 2.46. The zero-order chi connectivity index (χ0) is 15.8. The lowest BCUT2D eigenvalue weighted by Gasteiger charge is -2.17. The van der Waals surface area contributed by atoms with Crippen LogP contribution in [-0.2, 0) is 4.79 Å². The normalized spacial score (nSPS) is 22.2. The number of imide groups is 1. The number of benzene rings is 1. The number of urea groups is 1. The molecule has 0 bridgehead atoms. The number of aryl methyl sites for hydroxylation is 3. The lowest BCUT2D eigenvalue weighted by Crippen LogP contribution is -2.42. The Labute approximate surface area is 125 Å². The van der Waals surface area contributed by atoms with Gasteiger partial charge in [-0.05, 0) is 45.2 Å². The Balaban J connectivity index is 2.31. The van der Waals surface area contributed by atoms with Gasteiger partial charge in [0.05, 0.1) is 6.21 Å². The second kappa shape index (κ2) is 5.31. The molecule has 1 aromatic rings. The number of rotatable bonds is 3. The molecule has 0 aliphatic carbocycles. The van der Waals surface area contributed by atoms with E-state index in [4.69, 9.17) is 0 Å². The predicted octanol–water partition coefficient (Wildman–Crippen LogP) is 2.67. The number of carbonyl (C=O) groups is 2. The van der Waals surface area contributed by atoms with Crippen LogP contribution in [0, 0.1) is 20.8 Å². The minimum Gasteiger partial charge on any atom is -0.322 e. The maximum absolute atomic E-state index is 12.2. The molecule has 1 saturated heterocycles. The third kappa shape index (κ3) is 2.68. The van der Waals surface area contributed by atoms with Crippen LogP contribution in [0.15, 0.2) is 17.2 Å². The Hall–Kier alpha value is -2.17. The summed E-state index contributed by atoms with van der Waals surface area (Å²) in [5, 5.41) is 7.69. The van der Waals surface area contributed by atoms with Crippen LogP contribution in [-0.4, -0.2) is 28.7 Å². The van der Waals surface area contributed by atoms with Gasteiger partial charge in [0.1, 0.15) is 5.54 Å². The summed E-state index contributed by atoms with van der Waals surface area (Å²) in [4.78, 5) is 24.1. The third-order valence-corrected chi connectivity index (χ3v) is 3.99. The van der Waals surface area contributed by atoms with Gasteiger partial charge in [-0.3, -0.25) is 4.79 Å². The van der Waals surface area contributed by atoms with E-state index in [-0.39, 0.29) is 5.91 Å². The van der Waals surface area contributed by atoms with Crippen LogP contribution in [0.2, 0.25) is 0 Å². The van der Waals surface area contributed by atoms with Crippen molar-refractivity contribution < 1.29 is 9.59 Å². The zero-order valence-corrected chi connectivity index (χ0v) is 13.2. The monoisotopic (exact) mass is 287 g/mol. The lowest BCUT2D eigenvalue weighted by molar-refractivity contribution is -0.130. The Bertz CT molecular complexity index is 613. The van der Waals surface area contributed by atoms with Gasteiger partial charge >= 0.3 is 6.03 Å².